The van der Waals surface area contributed by atoms with Crippen molar-refractivity contribution in [2.45, 2.75) is 91.7 Å². The van der Waals surface area contributed by atoms with E-state index in [1.54, 1.807) is 4.90 Å². The first-order chi connectivity index (χ1) is 17.4. The number of carbonyl (C=O) groups is 3. The van der Waals surface area contributed by atoms with E-state index in [0.717, 1.165) is 30.6 Å². The van der Waals surface area contributed by atoms with Crippen LogP contribution in [0.4, 0.5) is 10.5 Å². The molecular weight excluding hydrogens is 488 g/mol. The standard InChI is InChI=1S/C29H42N2O5S/c1-19(2)8-13-23-18-24(25(37-23)27(33)35-7)31(26(32)21-11-9-20(3)10-12-21)22-14-16-30(17-15-22)28(34)36-29(4,5)6/h18-22H,9-12,14-17H2,1-7H3. The van der Waals surface area contributed by atoms with Crippen molar-refractivity contribution < 1.29 is 23.9 Å². The second kappa shape index (κ2) is 12.3. The fraction of sp³-hybridized carbons (Fsp3) is 0.690. The lowest BCUT2D eigenvalue weighted by Gasteiger charge is -2.40. The summed E-state index contributed by atoms with van der Waals surface area (Å²) in [6.07, 6.45) is 4.65. The molecule has 0 atom stereocenters. The maximum atomic E-state index is 14.1. The van der Waals surface area contributed by atoms with Crippen LogP contribution in [0.15, 0.2) is 6.07 Å². The van der Waals surface area contributed by atoms with E-state index in [2.05, 4.69) is 18.8 Å². The van der Waals surface area contributed by atoms with Gasteiger partial charge < -0.3 is 19.3 Å². The van der Waals surface area contributed by atoms with Crippen LogP contribution in [-0.2, 0) is 14.3 Å². The molecule has 1 aliphatic carbocycles. The van der Waals surface area contributed by atoms with Gasteiger partial charge in [0.25, 0.3) is 0 Å². The molecule has 2 amide bonds. The average molecular weight is 531 g/mol. The monoisotopic (exact) mass is 530 g/mol. The molecule has 2 aliphatic rings. The minimum atomic E-state index is -0.562. The summed E-state index contributed by atoms with van der Waals surface area (Å²) in [5.74, 6) is 6.66. The minimum absolute atomic E-state index is 0.0638. The summed E-state index contributed by atoms with van der Waals surface area (Å²) in [6.45, 7) is 12.8. The Morgan fingerprint density at radius 3 is 2.24 bits per heavy atom. The number of anilines is 1. The van der Waals surface area contributed by atoms with E-state index in [4.69, 9.17) is 9.47 Å². The number of likely N-dealkylation sites (tertiary alicyclic amines) is 1. The van der Waals surface area contributed by atoms with Gasteiger partial charge in [-0.05, 0) is 71.3 Å². The number of hydrogen-bond donors (Lipinski definition) is 0. The molecule has 2 fully saturated rings. The van der Waals surface area contributed by atoms with Crippen LogP contribution in [0.25, 0.3) is 0 Å². The van der Waals surface area contributed by atoms with E-state index in [1.807, 2.05) is 45.6 Å². The number of thiophene rings is 1. The van der Waals surface area contributed by atoms with E-state index in [1.165, 1.54) is 18.4 Å². The van der Waals surface area contributed by atoms with Crippen molar-refractivity contribution in [2.24, 2.45) is 17.8 Å². The zero-order valence-corrected chi connectivity index (χ0v) is 24.2. The van der Waals surface area contributed by atoms with E-state index < -0.39 is 11.6 Å². The fourth-order valence-corrected chi connectivity index (χ4v) is 5.84. The Morgan fingerprint density at radius 1 is 1.08 bits per heavy atom. The molecule has 0 aromatic carbocycles. The molecule has 0 N–H and O–H groups in total. The molecule has 1 aromatic heterocycles. The number of nitrogens with zero attached hydrogens (tertiary/aromatic N) is 2. The van der Waals surface area contributed by atoms with Gasteiger partial charge in [-0.25, -0.2) is 9.59 Å². The first kappa shape index (κ1) is 29.0. The number of methoxy groups -OCH3 is 1. The second-order valence-corrected chi connectivity index (χ2v) is 12.7. The molecule has 0 spiro atoms. The number of ether oxygens (including phenoxy) is 2. The number of amides is 2. The van der Waals surface area contributed by atoms with Crippen molar-refractivity contribution in [3.8, 4) is 11.8 Å². The summed E-state index contributed by atoms with van der Waals surface area (Å²) in [6, 6.07) is 1.74. The molecule has 7 nitrogen and oxygen atoms in total. The molecule has 8 heteroatoms. The van der Waals surface area contributed by atoms with E-state index >= 15 is 0 Å². The largest absolute Gasteiger partial charge is 0.465 e. The SMILES string of the molecule is COC(=O)c1sc(C#CC(C)C)cc1N(C(=O)C1CCC(C)CC1)C1CCN(C(=O)OC(C)(C)C)CC1. The molecule has 1 aliphatic heterocycles. The van der Waals surface area contributed by atoms with Crippen LogP contribution >= 0.6 is 11.3 Å². The summed E-state index contributed by atoms with van der Waals surface area (Å²) in [5, 5.41) is 0. The second-order valence-electron chi connectivity index (χ2n) is 11.6. The molecule has 204 valence electrons. The third-order valence-corrected chi connectivity index (χ3v) is 7.93. The summed E-state index contributed by atoms with van der Waals surface area (Å²) >= 11 is 1.28. The molecule has 1 aromatic rings. The van der Waals surface area contributed by atoms with Gasteiger partial charge in [-0.1, -0.05) is 32.6 Å². The topological polar surface area (TPSA) is 76.2 Å². The highest BCUT2D eigenvalue weighted by Crippen LogP contribution is 2.38. The Labute approximate surface area is 225 Å². The third kappa shape index (κ3) is 7.73. The summed E-state index contributed by atoms with van der Waals surface area (Å²) in [4.78, 5) is 44.2. The van der Waals surface area contributed by atoms with Crippen molar-refractivity contribution in [2.75, 3.05) is 25.1 Å². The Morgan fingerprint density at radius 2 is 1.70 bits per heavy atom. The molecule has 1 saturated carbocycles. The van der Waals surface area contributed by atoms with Crippen LogP contribution in [-0.4, -0.2) is 54.7 Å². The van der Waals surface area contributed by atoms with E-state index in [-0.39, 0.29) is 29.9 Å². The first-order valence-corrected chi connectivity index (χ1v) is 14.3. The lowest BCUT2D eigenvalue weighted by molar-refractivity contribution is -0.124. The van der Waals surface area contributed by atoms with Gasteiger partial charge in [0.2, 0.25) is 5.91 Å². The Kier molecular flexibility index (Phi) is 9.68. The van der Waals surface area contributed by atoms with Crippen LogP contribution in [0.3, 0.4) is 0 Å². The maximum Gasteiger partial charge on any atom is 0.410 e. The van der Waals surface area contributed by atoms with Gasteiger partial charge in [0.05, 0.1) is 17.7 Å². The molecule has 0 bridgehead atoms. The van der Waals surface area contributed by atoms with Crippen LogP contribution in [0.2, 0.25) is 0 Å². The molecule has 1 saturated heterocycles. The number of hydrogen-bond acceptors (Lipinski definition) is 6. The first-order valence-electron chi connectivity index (χ1n) is 13.4. The fourth-order valence-electron chi connectivity index (χ4n) is 4.91. The zero-order chi connectivity index (χ0) is 27.3. The highest BCUT2D eigenvalue weighted by molar-refractivity contribution is 7.15. The summed E-state index contributed by atoms with van der Waals surface area (Å²) in [5.41, 5.74) is 0.0253. The molecule has 2 heterocycles. The number of rotatable bonds is 4. The van der Waals surface area contributed by atoms with Crippen LogP contribution in [0.1, 0.15) is 94.6 Å². The number of carbonyl (C=O) groups excluding carboxylic acids is 3. The van der Waals surface area contributed by atoms with Crippen LogP contribution in [0, 0.1) is 29.6 Å². The zero-order valence-electron chi connectivity index (χ0n) is 23.4. The lowest BCUT2D eigenvalue weighted by Crippen LogP contribution is -2.51. The predicted molar refractivity (Wildman–Crippen MR) is 147 cm³/mol. The Bertz CT molecular complexity index is 1030. The molecule has 0 radical (unpaired) electrons. The average Bonchev–Trinajstić information content (AvgIpc) is 3.26. The highest BCUT2D eigenvalue weighted by atomic mass is 32.1. The molecule has 3 rings (SSSR count). The predicted octanol–water partition coefficient (Wildman–Crippen LogP) is 6.10. The van der Waals surface area contributed by atoms with Gasteiger partial charge in [0, 0.05) is 31.0 Å². The molecular formula is C29H42N2O5S. The summed E-state index contributed by atoms with van der Waals surface area (Å²) in [7, 11) is 1.36. The van der Waals surface area contributed by atoms with Gasteiger partial charge in [-0.3, -0.25) is 4.79 Å². The lowest BCUT2D eigenvalue weighted by atomic mass is 9.82. The molecule has 37 heavy (non-hydrogen) atoms. The highest BCUT2D eigenvalue weighted by Gasteiger charge is 2.38. The normalized spacial score (nSPS) is 20.7. The Balaban J connectivity index is 1.93. The van der Waals surface area contributed by atoms with Gasteiger partial charge in [0.15, 0.2) is 0 Å². The number of piperidine rings is 1. The quantitative estimate of drug-likeness (QED) is 0.347. The van der Waals surface area contributed by atoms with Crippen molar-refractivity contribution in [1.82, 2.24) is 4.90 Å². The van der Waals surface area contributed by atoms with Crippen LogP contribution < -0.4 is 4.90 Å². The van der Waals surface area contributed by atoms with Gasteiger partial charge >= 0.3 is 12.1 Å². The summed E-state index contributed by atoms with van der Waals surface area (Å²) < 4.78 is 10.7. The maximum absolute atomic E-state index is 14.1. The van der Waals surface area contributed by atoms with Crippen molar-refractivity contribution in [1.29, 1.82) is 0 Å². The van der Waals surface area contributed by atoms with Crippen molar-refractivity contribution in [3.05, 3.63) is 15.8 Å². The van der Waals surface area contributed by atoms with Gasteiger partial charge in [-0.15, -0.1) is 11.3 Å². The third-order valence-electron chi connectivity index (χ3n) is 6.91. The van der Waals surface area contributed by atoms with Gasteiger partial charge in [-0.2, -0.15) is 0 Å². The smallest absolute Gasteiger partial charge is 0.410 e. The van der Waals surface area contributed by atoms with Gasteiger partial charge in [0.1, 0.15) is 10.5 Å². The minimum Gasteiger partial charge on any atom is -0.465 e. The Hall–Kier alpha value is -2.53. The van der Waals surface area contributed by atoms with Crippen LogP contribution in [0.5, 0.6) is 0 Å². The molecule has 0 unspecified atom stereocenters. The van der Waals surface area contributed by atoms with Crippen molar-refractivity contribution in [3.63, 3.8) is 0 Å². The van der Waals surface area contributed by atoms with E-state index in [0.29, 0.717) is 42.4 Å². The van der Waals surface area contributed by atoms with E-state index in [9.17, 15) is 14.4 Å². The number of esters is 1. The van der Waals surface area contributed by atoms with Crippen molar-refractivity contribution >= 4 is 35.0 Å².